The molecule has 0 spiro atoms. The van der Waals surface area contributed by atoms with Gasteiger partial charge >= 0.3 is 5.97 Å². The van der Waals surface area contributed by atoms with E-state index in [-0.39, 0.29) is 5.69 Å². The Balaban J connectivity index is 2.50. The Morgan fingerprint density at radius 3 is 2.65 bits per heavy atom. The van der Waals surface area contributed by atoms with Crippen LogP contribution >= 0.6 is 27.3 Å². The van der Waals surface area contributed by atoms with Gasteiger partial charge in [0, 0.05) is 14.9 Å². The summed E-state index contributed by atoms with van der Waals surface area (Å²) in [7, 11) is 0. The van der Waals surface area contributed by atoms with Gasteiger partial charge in [0.05, 0.1) is 0 Å². The third kappa shape index (κ3) is 2.40. The highest BCUT2D eigenvalue weighted by atomic mass is 79.9. The van der Waals surface area contributed by atoms with Gasteiger partial charge in [0.2, 0.25) is 0 Å². The van der Waals surface area contributed by atoms with E-state index in [0.717, 1.165) is 25.5 Å². The van der Waals surface area contributed by atoms with Crippen LogP contribution in [-0.4, -0.2) is 16.1 Å². The third-order valence-electron chi connectivity index (χ3n) is 2.40. The topological polar surface area (TPSA) is 50.2 Å². The number of carbonyl (C=O) groups is 1. The molecule has 0 saturated carbocycles. The number of carboxylic acids is 1. The van der Waals surface area contributed by atoms with Crippen LogP contribution in [-0.2, 0) is 0 Å². The van der Waals surface area contributed by atoms with E-state index in [2.05, 4.69) is 20.9 Å². The molecule has 1 heterocycles. The zero-order valence-electron chi connectivity index (χ0n) is 9.32. The molecule has 0 radical (unpaired) electrons. The molecule has 5 heteroatoms. The highest BCUT2D eigenvalue weighted by molar-refractivity contribution is 9.10. The molecular formula is C12H10BrNO2S. The first kappa shape index (κ1) is 12.3. The van der Waals surface area contributed by atoms with E-state index in [1.165, 1.54) is 11.3 Å². The maximum atomic E-state index is 10.9. The average Bonchev–Trinajstić information content (AvgIpc) is 2.64. The van der Waals surface area contributed by atoms with Crippen molar-refractivity contribution < 1.29 is 9.90 Å². The van der Waals surface area contributed by atoms with Crippen LogP contribution in [0.3, 0.4) is 0 Å². The third-order valence-corrected chi connectivity index (χ3v) is 4.31. The molecule has 2 rings (SSSR count). The van der Waals surface area contributed by atoms with Crippen molar-refractivity contribution in [3.63, 3.8) is 0 Å². The Bertz CT molecular complexity index is 592. The number of aromatic carboxylic acids is 1. The fraction of sp³-hybridized carbons (Fsp3) is 0.167. The molecule has 0 aliphatic carbocycles. The highest BCUT2D eigenvalue weighted by Crippen LogP contribution is 2.30. The predicted octanol–water partition coefficient (Wildman–Crippen LogP) is 3.89. The predicted molar refractivity (Wildman–Crippen MR) is 71.7 cm³/mol. The second kappa shape index (κ2) is 4.58. The smallest absolute Gasteiger partial charge is 0.355 e. The molecule has 0 unspecified atom stereocenters. The van der Waals surface area contributed by atoms with Crippen LogP contribution in [0.1, 0.15) is 20.9 Å². The molecule has 88 valence electrons. The second-order valence-electron chi connectivity index (χ2n) is 3.69. The molecule has 0 bridgehead atoms. The van der Waals surface area contributed by atoms with Crippen LogP contribution in [0.15, 0.2) is 22.7 Å². The van der Waals surface area contributed by atoms with E-state index < -0.39 is 5.97 Å². The summed E-state index contributed by atoms with van der Waals surface area (Å²) in [4.78, 5) is 15.8. The monoisotopic (exact) mass is 311 g/mol. The molecule has 0 aliphatic rings. The van der Waals surface area contributed by atoms with Gasteiger partial charge in [-0.1, -0.05) is 22.0 Å². The number of aryl methyl sites for hydroxylation is 2. The fourth-order valence-corrected chi connectivity index (χ4v) is 2.64. The maximum Gasteiger partial charge on any atom is 0.355 e. The van der Waals surface area contributed by atoms with E-state index in [0.29, 0.717) is 0 Å². The molecule has 0 atom stereocenters. The minimum atomic E-state index is -0.973. The number of hydrogen-bond donors (Lipinski definition) is 1. The first-order valence-electron chi connectivity index (χ1n) is 4.96. The van der Waals surface area contributed by atoms with Crippen LogP contribution in [0.5, 0.6) is 0 Å². The molecule has 17 heavy (non-hydrogen) atoms. The lowest BCUT2D eigenvalue weighted by Crippen LogP contribution is -1.98. The van der Waals surface area contributed by atoms with Gasteiger partial charge in [0.25, 0.3) is 0 Å². The molecule has 3 nitrogen and oxygen atoms in total. The first-order valence-corrected chi connectivity index (χ1v) is 6.57. The van der Waals surface area contributed by atoms with Crippen molar-refractivity contribution in [2.24, 2.45) is 0 Å². The Labute approximate surface area is 111 Å². The summed E-state index contributed by atoms with van der Waals surface area (Å²) in [6.45, 7) is 3.77. The van der Waals surface area contributed by atoms with Crippen LogP contribution in [0.2, 0.25) is 0 Å². The summed E-state index contributed by atoms with van der Waals surface area (Å²) in [5.41, 5.74) is 2.20. The quantitative estimate of drug-likeness (QED) is 0.915. The normalized spacial score (nSPS) is 10.5. The molecule has 0 aliphatic heterocycles. The first-order chi connectivity index (χ1) is 7.99. The Hall–Kier alpha value is -1.20. The molecule has 0 amide bonds. The van der Waals surface area contributed by atoms with Gasteiger partial charge < -0.3 is 5.11 Å². The number of thiazole rings is 1. The van der Waals surface area contributed by atoms with Crippen molar-refractivity contribution in [1.82, 2.24) is 4.98 Å². The van der Waals surface area contributed by atoms with Gasteiger partial charge in [0.15, 0.2) is 5.69 Å². The lowest BCUT2D eigenvalue weighted by molar-refractivity contribution is 0.0690. The average molecular weight is 312 g/mol. The number of benzene rings is 1. The summed E-state index contributed by atoms with van der Waals surface area (Å²) in [6.07, 6.45) is 0. The van der Waals surface area contributed by atoms with Crippen molar-refractivity contribution in [2.75, 3.05) is 0 Å². The van der Waals surface area contributed by atoms with Crippen LogP contribution in [0.4, 0.5) is 0 Å². The van der Waals surface area contributed by atoms with Crippen molar-refractivity contribution in [1.29, 1.82) is 0 Å². The van der Waals surface area contributed by atoms with Crippen molar-refractivity contribution in [3.05, 3.63) is 38.8 Å². The second-order valence-corrected chi connectivity index (χ2v) is 5.75. The number of nitrogens with zero attached hydrogens (tertiary/aromatic N) is 1. The SMILES string of the molecule is Cc1cc(-c2nc(C(=O)O)c(C)s2)ccc1Br. The van der Waals surface area contributed by atoms with Gasteiger partial charge in [-0.15, -0.1) is 11.3 Å². The van der Waals surface area contributed by atoms with Gasteiger partial charge in [0.1, 0.15) is 5.01 Å². The maximum absolute atomic E-state index is 10.9. The zero-order chi connectivity index (χ0) is 12.6. The van der Waals surface area contributed by atoms with E-state index in [1.807, 2.05) is 25.1 Å². The number of carboxylic acid groups (broad SMARTS) is 1. The molecule has 0 fully saturated rings. The number of hydrogen-bond acceptors (Lipinski definition) is 3. The number of aromatic nitrogens is 1. The Morgan fingerprint density at radius 1 is 1.41 bits per heavy atom. The summed E-state index contributed by atoms with van der Waals surface area (Å²) >= 11 is 4.84. The number of halogens is 1. The Kier molecular flexibility index (Phi) is 3.31. The zero-order valence-corrected chi connectivity index (χ0v) is 11.7. The molecular weight excluding hydrogens is 302 g/mol. The molecule has 1 aromatic carbocycles. The van der Waals surface area contributed by atoms with E-state index in [4.69, 9.17) is 5.11 Å². The molecule has 2 aromatic rings. The largest absolute Gasteiger partial charge is 0.476 e. The fourth-order valence-electron chi connectivity index (χ4n) is 1.50. The lowest BCUT2D eigenvalue weighted by Gasteiger charge is -2.00. The summed E-state index contributed by atoms with van der Waals surface area (Å²) in [5.74, 6) is -0.973. The van der Waals surface area contributed by atoms with Gasteiger partial charge in [-0.25, -0.2) is 9.78 Å². The molecule has 1 N–H and O–H groups in total. The molecule has 1 aromatic heterocycles. The Morgan fingerprint density at radius 2 is 2.12 bits per heavy atom. The standard InChI is InChI=1S/C12H10BrNO2S/c1-6-5-8(3-4-9(6)13)11-14-10(12(15)16)7(2)17-11/h3-5H,1-2H3,(H,15,16). The minimum absolute atomic E-state index is 0.144. The van der Waals surface area contributed by atoms with Gasteiger partial charge in [-0.3, -0.25) is 0 Å². The van der Waals surface area contributed by atoms with Gasteiger partial charge in [-0.2, -0.15) is 0 Å². The van der Waals surface area contributed by atoms with E-state index in [9.17, 15) is 4.79 Å². The van der Waals surface area contributed by atoms with Crippen molar-refractivity contribution in [3.8, 4) is 10.6 Å². The van der Waals surface area contributed by atoms with Crippen LogP contribution in [0.25, 0.3) is 10.6 Å². The van der Waals surface area contributed by atoms with Crippen LogP contribution in [0, 0.1) is 13.8 Å². The highest BCUT2D eigenvalue weighted by Gasteiger charge is 2.15. The molecule has 0 saturated heterocycles. The summed E-state index contributed by atoms with van der Waals surface area (Å²) < 4.78 is 1.04. The summed E-state index contributed by atoms with van der Waals surface area (Å²) in [6, 6.07) is 5.87. The van der Waals surface area contributed by atoms with Crippen molar-refractivity contribution in [2.45, 2.75) is 13.8 Å². The lowest BCUT2D eigenvalue weighted by atomic mass is 10.1. The van der Waals surface area contributed by atoms with E-state index >= 15 is 0 Å². The van der Waals surface area contributed by atoms with Crippen molar-refractivity contribution >= 4 is 33.2 Å². The number of rotatable bonds is 2. The van der Waals surface area contributed by atoms with E-state index in [1.54, 1.807) is 6.92 Å². The summed E-state index contributed by atoms with van der Waals surface area (Å²) in [5, 5.41) is 9.71. The minimum Gasteiger partial charge on any atom is -0.476 e. The van der Waals surface area contributed by atoms with Crippen LogP contribution < -0.4 is 0 Å². The van der Waals surface area contributed by atoms with Gasteiger partial charge in [-0.05, 0) is 31.5 Å².